The van der Waals surface area contributed by atoms with Crippen molar-refractivity contribution in [2.45, 2.75) is 26.2 Å². The first-order chi connectivity index (χ1) is 8.70. The molecule has 1 fully saturated rings. The first-order valence-electron chi connectivity index (χ1n) is 6.44. The van der Waals surface area contributed by atoms with Gasteiger partial charge < -0.3 is 15.8 Å². The largest absolute Gasteiger partial charge is 0.492 e. The van der Waals surface area contributed by atoms with Crippen LogP contribution in [0.3, 0.4) is 0 Å². The molecule has 0 radical (unpaired) electrons. The predicted octanol–water partition coefficient (Wildman–Crippen LogP) is 2.57. The molecule has 0 spiro atoms. The molecule has 1 aliphatic carbocycles. The summed E-state index contributed by atoms with van der Waals surface area (Å²) >= 11 is 0. The van der Waals surface area contributed by atoms with E-state index >= 15 is 0 Å². The third-order valence-corrected chi connectivity index (χ3v) is 3.51. The Morgan fingerprint density at radius 3 is 2.47 bits per heavy atom. The number of rotatable bonds is 6. The lowest BCUT2D eigenvalue weighted by atomic mass is 10.0. The topological polar surface area (TPSA) is 64.3 Å². The van der Waals surface area contributed by atoms with Gasteiger partial charge in [-0.2, -0.15) is 0 Å². The minimum atomic E-state index is -0.102. The highest BCUT2D eigenvalue weighted by atomic mass is 35.5. The minimum absolute atomic E-state index is 0. The fraction of sp³-hybridized carbons (Fsp3) is 0.500. The maximum atomic E-state index is 12.0. The number of carbonyl (C=O) groups excluding carboxylic acids is 1. The van der Waals surface area contributed by atoms with Gasteiger partial charge in [-0.1, -0.05) is 6.92 Å². The Labute approximate surface area is 120 Å². The summed E-state index contributed by atoms with van der Waals surface area (Å²) in [4.78, 5) is 12.0. The second-order valence-electron chi connectivity index (χ2n) is 4.75. The lowest BCUT2D eigenvalue weighted by Crippen LogP contribution is -2.23. The average Bonchev–Trinajstić information content (AvgIpc) is 3.19. The van der Waals surface area contributed by atoms with E-state index in [1.54, 1.807) is 0 Å². The summed E-state index contributed by atoms with van der Waals surface area (Å²) in [5.74, 6) is 0.913. The predicted molar refractivity (Wildman–Crippen MR) is 78.8 cm³/mol. The Balaban J connectivity index is 0.00000180. The second-order valence-corrected chi connectivity index (χ2v) is 4.75. The van der Waals surface area contributed by atoms with E-state index in [1.807, 2.05) is 24.3 Å². The molecule has 0 saturated heterocycles. The van der Waals surface area contributed by atoms with Crippen LogP contribution in [0.1, 0.15) is 26.2 Å². The number of carbonyl (C=O) groups is 1. The van der Waals surface area contributed by atoms with Gasteiger partial charge in [0.05, 0.1) is 0 Å². The Hall–Kier alpha value is -1.26. The van der Waals surface area contributed by atoms with Gasteiger partial charge in [0, 0.05) is 17.6 Å². The Kier molecular flexibility index (Phi) is 5.63. The van der Waals surface area contributed by atoms with Crippen LogP contribution in [0.15, 0.2) is 24.3 Å². The third kappa shape index (κ3) is 3.85. The van der Waals surface area contributed by atoms with Crippen LogP contribution in [0.5, 0.6) is 5.75 Å². The van der Waals surface area contributed by atoms with Crippen LogP contribution in [-0.2, 0) is 4.79 Å². The zero-order valence-electron chi connectivity index (χ0n) is 11.1. The zero-order valence-corrected chi connectivity index (χ0v) is 12.0. The van der Waals surface area contributed by atoms with Gasteiger partial charge in [0.15, 0.2) is 0 Å². The highest BCUT2D eigenvalue weighted by molar-refractivity contribution is 5.97. The van der Waals surface area contributed by atoms with Crippen molar-refractivity contribution >= 4 is 24.0 Å². The average molecular weight is 285 g/mol. The standard InChI is InChI=1S/C14H20N2O2.ClH/c1-2-14(7-8-14)13(17)16-11-3-5-12(6-4-11)18-10-9-15;/h3-6H,2,7-10,15H2,1H3,(H,16,17);1H. The van der Waals surface area contributed by atoms with Crippen LogP contribution >= 0.6 is 12.4 Å². The maximum Gasteiger partial charge on any atom is 0.230 e. The molecule has 106 valence electrons. The first-order valence-corrected chi connectivity index (χ1v) is 6.44. The van der Waals surface area contributed by atoms with E-state index in [2.05, 4.69) is 12.2 Å². The van der Waals surface area contributed by atoms with Crippen LogP contribution in [0.4, 0.5) is 5.69 Å². The van der Waals surface area contributed by atoms with Crippen LogP contribution in [-0.4, -0.2) is 19.1 Å². The number of hydrogen-bond acceptors (Lipinski definition) is 3. The van der Waals surface area contributed by atoms with E-state index in [0.29, 0.717) is 13.2 Å². The summed E-state index contributed by atoms with van der Waals surface area (Å²) in [5.41, 5.74) is 6.08. The molecule has 0 heterocycles. The molecule has 4 nitrogen and oxygen atoms in total. The van der Waals surface area contributed by atoms with Gasteiger partial charge in [-0.25, -0.2) is 0 Å². The lowest BCUT2D eigenvalue weighted by Gasteiger charge is -2.13. The van der Waals surface area contributed by atoms with Gasteiger partial charge in [-0.3, -0.25) is 4.79 Å². The van der Waals surface area contributed by atoms with Crippen LogP contribution in [0.2, 0.25) is 0 Å². The van der Waals surface area contributed by atoms with Crippen LogP contribution in [0.25, 0.3) is 0 Å². The Morgan fingerprint density at radius 2 is 2.00 bits per heavy atom. The molecule has 1 aromatic carbocycles. The van der Waals surface area contributed by atoms with Gasteiger partial charge >= 0.3 is 0 Å². The molecule has 0 atom stereocenters. The van der Waals surface area contributed by atoms with Crippen molar-refractivity contribution < 1.29 is 9.53 Å². The Morgan fingerprint density at radius 1 is 1.37 bits per heavy atom. The molecule has 0 unspecified atom stereocenters. The molecule has 1 amide bonds. The van der Waals surface area contributed by atoms with Crippen LogP contribution in [0, 0.1) is 5.41 Å². The number of amides is 1. The molecule has 19 heavy (non-hydrogen) atoms. The van der Waals surface area contributed by atoms with Crippen molar-refractivity contribution in [3.05, 3.63) is 24.3 Å². The quantitative estimate of drug-likeness (QED) is 0.844. The van der Waals surface area contributed by atoms with E-state index < -0.39 is 0 Å². The second kappa shape index (κ2) is 6.78. The maximum absolute atomic E-state index is 12.0. The number of anilines is 1. The van der Waals surface area contributed by atoms with Crippen molar-refractivity contribution in [2.75, 3.05) is 18.5 Å². The first kappa shape index (κ1) is 15.8. The van der Waals surface area contributed by atoms with Gasteiger partial charge in [-0.05, 0) is 43.5 Å². The fourth-order valence-corrected chi connectivity index (χ4v) is 1.97. The van der Waals surface area contributed by atoms with Gasteiger partial charge in [0.2, 0.25) is 5.91 Å². The number of halogens is 1. The molecule has 0 aromatic heterocycles. The van der Waals surface area contributed by atoms with E-state index in [4.69, 9.17) is 10.5 Å². The van der Waals surface area contributed by atoms with Crippen molar-refractivity contribution in [1.82, 2.24) is 0 Å². The van der Waals surface area contributed by atoms with Crippen molar-refractivity contribution in [3.63, 3.8) is 0 Å². The molecule has 1 saturated carbocycles. The smallest absolute Gasteiger partial charge is 0.230 e. The molecule has 0 bridgehead atoms. The summed E-state index contributed by atoms with van der Waals surface area (Å²) < 4.78 is 5.38. The molecular weight excluding hydrogens is 264 g/mol. The highest BCUT2D eigenvalue weighted by Crippen LogP contribution is 2.49. The molecule has 0 aliphatic heterocycles. The fourth-order valence-electron chi connectivity index (χ4n) is 1.97. The number of hydrogen-bond donors (Lipinski definition) is 2. The monoisotopic (exact) mass is 284 g/mol. The van der Waals surface area contributed by atoms with Crippen molar-refractivity contribution in [1.29, 1.82) is 0 Å². The summed E-state index contributed by atoms with van der Waals surface area (Å²) in [6.45, 7) is 3.07. The van der Waals surface area contributed by atoms with E-state index in [-0.39, 0.29) is 23.7 Å². The van der Waals surface area contributed by atoms with Crippen molar-refractivity contribution in [2.24, 2.45) is 11.1 Å². The SMILES string of the molecule is CCC1(C(=O)Nc2ccc(OCCN)cc2)CC1.Cl. The van der Waals surface area contributed by atoms with Crippen LogP contribution < -0.4 is 15.8 Å². The summed E-state index contributed by atoms with van der Waals surface area (Å²) in [5, 5.41) is 2.96. The van der Waals surface area contributed by atoms with Gasteiger partial charge in [-0.15, -0.1) is 12.4 Å². The normalized spacial score (nSPS) is 15.3. The molecule has 3 N–H and O–H groups in total. The lowest BCUT2D eigenvalue weighted by molar-refractivity contribution is -0.121. The number of ether oxygens (including phenoxy) is 1. The molecule has 1 aliphatic rings. The molecule has 1 aromatic rings. The molecular formula is C14H21ClN2O2. The molecule has 2 rings (SSSR count). The Bertz CT molecular complexity index is 416. The number of nitrogens with one attached hydrogen (secondary N) is 1. The molecule has 5 heteroatoms. The number of benzene rings is 1. The van der Waals surface area contributed by atoms with Crippen molar-refractivity contribution in [3.8, 4) is 5.75 Å². The van der Waals surface area contributed by atoms with E-state index in [1.165, 1.54) is 0 Å². The van der Waals surface area contributed by atoms with Gasteiger partial charge in [0.25, 0.3) is 0 Å². The highest BCUT2D eigenvalue weighted by Gasteiger charge is 2.47. The minimum Gasteiger partial charge on any atom is -0.492 e. The summed E-state index contributed by atoms with van der Waals surface area (Å²) in [7, 11) is 0. The van der Waals surface area contributed by atoms with Gasteiger partial charge in [0.1, 0.15) is 12.4 Å². The zero-order chi connectivity index (χ0) is 13.0. The van der Waals surface area contributed by atoms with E-state index in [0.717, 1.165) is 30.7 Å². The third-order valence-electron chi connectivity index (χ3n) is 3.51. The van der Waals surface area contributed by atoms with E-state index in [9.17, 15) is 4.79 Å². The summed E-state index contributed by atoms with van der Waals surface area (Å²) in [6.07, 6.45) is 2.93. The number of nitrogens with two attached hydrogens (primary N) is 1. The summed E-state index contributed by atoms with van der Waals surface area (Å²) in [6, 6.07) is 7.40.